The van der Waals surface area contributed by atoms with E-state index < -0.39 is 7.37 Å². The minimum atomic E-state index is -2.27. The maximum absolute atomic E-state index is 11.8. The van der Waals surface area contributed by atoms with E-state index in [1.54, 1.807) is 0 Å². The van der Waals surface area contributed by atoms with Crippen LogP contribution in [0.25, 0.3) is 0 Å². The van der Waals surface area contributed by atoms with Gasteiger partial charge < -0.3 is 4.52 Å². The maximum atomic E-state index is 11.8. The lowest BCUT2D eigenvalue weighted by Crippen LogP contribution is -2.08. The molecular formula is C9H21O2P. The van der Waals surface area contributed by atoms with Crippen LogP contribution >= 0.6 is 7.37 Å². The summed E-state index contributed by atoms with van der Waals surface area (Å²) in [6.07, 6.45) is 3.58. The summed E-state index contributed by atoms with van der Waals surface area (Å²) in [5.41, 5.74) is 0. The molecule has 0 aliphatic carbocycles. The van der Waals surface area contributed by atoms with Crippen molar-refractivity contribution in [3.8, 4) is 0 Å². The summed E-state index contributed by atoms with van der Waals surface area (Å²) in [4.78, 5) is 0. The van der Waals surface area contributed by atoms with E-state index in [2.05, 4.69) is 6.92 Å². The average molecular weight is 192 g/mol. The van der Waals surface area contributed by atoms with Crippen molar-refractivity contribution in [1.29, 1.82) is 0 Å². The van der Waals surface area contributed by atoms with E-state index in [-0.39, 0.29) is 6.10 Å². The lowest BCUT2D eigenvalue weighted by molar-refractivity contribution is 0.213. The molecule has 0 aromatic heterocycles. The van der Waals surface area contributed by atoms with Gasteiger partial charge in [0.15, 0.2) is 0 Å². The highest BCUT2D eigenvalue weighted by molar-refractivity contribution is 7.58. The summed E-state index contributed by atoms with van der Waals surface area (Å²) in [6, 6.07) is 0. The molecule has 3 heteroatoms. The van der Waals surface area contributed by atoms with E-state index in [1.165, 1.54) is 0 Å². The molecule has 0 spiro atoms. The van der Waals surface area contributed by atoms with Crippen LogP contribution in [0.3, 0.4) is 0 Å². The largest absolute Gasteiger partial charge is 0.325 e. The third kappa shape index (κ3) is 4.27. The highest BCUT2D eigenvalue weighted by atomic mass is 31.2. The molecule has 0 aliphatic rings. The van der Waals surface area contributed by atoms with Crippen LogP contribution in [0.5, 0.6) is 0 Å². The first-order valence-electron chi connectivity index (χ1n) is 4.84. The average Bonchev–Trinajstić information content (AvgIpc) is 2.05. The second-order valence-electron chi connectivity index (χ2n) is 3.15. The zero-order valence-electron chi connectivity index (χ0n) is 8.67. The highest BCUT2D eigenvalue weighted by Gasteiger charge is 2.20. The zero-order chi connectivity index (χ0) is 9.61. The topological polar surface area (TPSA) is 26.3 Å². The Labute approximate surface area is 76.1 Å². The third-order valence-corrected chi connectivity index (χ3v) is 4.70. The van der Waals surface area contributed by atoms with Gasteiger partial charge in [0.1, 0.15) is 0 Å². The van der Waals surface area contributed by atoms with Gasteiger partial charge in [-0.1, -0.05) is 27.2 Å². The quantitative estimate of drug-likeness (QED) is 0.602. The van der Waals surface area contributed by atoms with E-state index in [4.69, 9.17) is 4.52 Å². The van der Waals surface area contributed by atoms with Gasteiger partial charge >= 0.3 is 0 Å². The van der Waals surface area contributed by atoms with Crippen LogP contribution in [0, 0.1) is 0 Å². The fraction of sp³-hybridized carbons (Fsp3) is 1.00. The second kappa shape index (κ2) is 5.77. The summed E-state index contributed by atoms with van der Waals surface area (Å²) < 4.78 is 17.3. The summed E-state index contributed by atoms with van der Waals surface area (Å²) in [6.45, 7) is 7.98. The Morgan fingerprint density at radius 1 is 1.25 bits per heavy atom. The summed E-state index contributed by atoms with van der Waals surface area (Å²) >= 11 is 0. The Hall–Kier alpha value is 0.190. The molecule has 0 aliphatic heterocycles. The second-order valence-corrected chi connectivity index (χ2v) is 6.26. The molecule has 0 aromatic carbocycles. The van der Waals surface area contributed by atoms with Crippen LogP contribution in [0.1, 0.15) is 40.5 Å². The summed E-state index contributed by atoms with van der Waals surface area (Å²) in [7, 11) is -2.27. The van der Waals surface area contributed by atoms with Crippen molar-refractivity contribution >= 4 is 7.37 Å². The molecule has 74 valence electrons. The monoisotopic (exact) mass is 192 g/mol. The number of rotatable bonds is 6. The van der Waals surface area contributed by atoms with Crippen LogP contribution in [0.2, 0.25) is 0 Å². The Morgan fingerprint density at radius 3 is 2.08 bits per heavy atom. The van der Waals surface area contributed by atoms with Crippen molar-refractivity contribution in [2.45, 2.75) is 46.6 Å². The molecule has 2 nitrogen and oxygen atoms in total. The normalized spacial score (nSPS) is 14.7. The molecule has 1 atom stereocenters. The number of hydrogen-bond donors (Lipinski definition) is 0. The van der Waals surface area contributed by atoms with Gasteiger partial charge in [-0.2, -0.15) is 0 Å². The van der Waals surface area contributed by atoms with E-state index in [0.29, 0.717) is 12.3 Å². The van der Waals surface area contributed by atoms with Gasteiger partial charge in [-0.25, -0.2) is 0 Å². The molecule has 0 N–H and O–H groups in total. The summed E-state index contributed by atoms with van der Waals surface area (Å²) in [5, 5.41) is 0. The van der Waals surface area contributed by atoms with Gasteiger partial charge in [0.25, 0.3) is 0 Å². The Kier molecular flexibility index (Phi) is 5.86. The zero-order valence-corrected chi connectivity index (χ0v) is 9.56. The Morgan fingerprint density at radius 2 is 1.75 bits per heavy atom. The van der Waals surface area contributed by atoms with Gasteiger partial charge in [-0.15, -0.1) is 0 Å². The van der Waals surface area contributed by atoms with E-state index in [9.17, 15) is 4.57 Å². The molecule has 0 saturated heterocycles. The van der Waals surface area contributed by atoms with Crippen LogP contribution in [0.15, 0.2) is 0 Å². The first kappa shape index (κ1) is 12.2. The lowest BCUT2D eigenvalue weighted by Gasteiger charge is -2.19. The van der Waals surface area contributed by atoms with Gasteiger partial charge in [0.2, 0.25) is 7.37 Å². The smallest absolute Gasteiger partial charge is 0.202 e. The highest BCUT2D eigenvalue weighted by Crippen LogP contribution is 2.47. The predicted octanol–water partition coefficient (Wildman–Crippen LogP) is 3.51. The fourth-order valence-corrected chi connectivity index (χ4v) is 2.67. The van der Waals surface area contributed by atoms with E-state index >= 15 is 0 Å². The lowest BCUT2D eigenvalue weighted by atomic mass is 10.2. The molecule has 0 radical (unpaired) electrons. The van der Waals surface area contributed by atoms with E-state index in [0.717, 1.165) is 12.8 Å². The first-order chi connectivity index (χ1) is 5.58. The van der Waals surface area contributed by atoms with Crippen molar-refractivity contribution in [3.63, 3.8) is 0 Å². The molecule has 0 aromatic rings. The third-order valence-electron chi connectivity index (χ3n) is 2.03. The SMILES string of the molecule is CCCC(C)OP(=O)(CC)CC. The van der Waals surface area contributed by atoms with E-state index in [1.807, 2.05) is 20.8 Å². The summed E-state index contributed by atoms with van der Waals surface area (Å²) in [5.74, 6) is 0. The molecule has 0 bridgehead atoms. The van der Waals surface area contributed by atoms with Gasteiger partial charge in [0.05, 0.1) is 6.10 Å². The van der Waals surface area contributed by atoms with Crippen LogP contribution in [0.4, 0.5) is 0 Å². The van der Waals surface area contributed by atoms with Crippen molar-refractivity contribution in [2.75, 3.05) is 12.3 Å². The first-order valence-corrected chi connectivity index (χ1v) is 6.84. The fourth-order valence-electron chi connectivity index (χ4n) is 1.16. The Balaban J connectivity index is 3.94. The molecule has 12 heavy (non-hydrogen) atoms. The molecule has 0 fully saturated rings. The molecule has 0 saturated carbocycles. The number of hydrogen-bond acceptors (Lipinski definition) is 2. The van der Waals surface area contributed by atoms with Gasteiger partial charge in [-0.05, 0) is 13.3 Å². The van der Waals surface area contributed by atoms with Gasteiger partial charge in [-0.3, -0.25) is 4.57 Å². The van der Waals surface area contributed by atoms with Crippen molar-refractivity contribution in [1.82, 2.24) is 0 Å². The van der Waals surface area contributed by atoms with Crippen LogP contribution in [-0.4, -0.2) is 18.4 Å². The van der Waals surface area contributed by atoms with Crippen LogP contribution in [-0.2, 0) is 9.09 Å². The minimum absolute atomic E-state index is 0.153. The molecule has 0 amide bonds. The minimum Gasteiger partial charge on any atom is -0.325 e. The van der Waals surface area contributed by atoms with Crippen molar-refractivity contribution in [2.24, 2.45) is 0 Å². The molecular weight excluding hydrogens is 171 g/mol. The van der Waals surface area contributed by atoms with Crippen LogP contribution < -0.4 is 0 Å². The molecule has 1 unspecified atom stereocenters. The standard InChI is InChI=1S/C9H21O2P/c1-5-8-9(4)11-12(10,6-2)7-3/h9H,5-8H2,1-4H3. The van der Waals surface area contributed by atoms with Crippen molar-refractivity contribution in [3.05, 3.63) is 0 Å². The Bertz CT molecular complexity index is 149. The van der Waals surface area contributed by atoms with Crippen molar-refractivity contribution < 1.29 is 9.09 Å². The maximum Gasteiger partial charge on any atom is 0.202 e. The molecule has 0 rings (SSSR count). The predicted molar refractivity (Wildman–Crippen MR) is 54.1 cm³/mol. The molecule has 0 heterocycles. The van der Waals surface area contributed by atoms with Gasteiger partial charge in [0, 0.05) is 12.3 Å².